The average Bonchev–Trinajstić information content (AvgIpc) is 2.97. The molecule has 0 radical (unpaired) electrons. The molecule has 0 atom stereocenters. The Kier molecular flexibility index (Phi) is 5.25. The molecule has 1 aromatic carbocycles. The Bertz CT molecular complexity index is 789. The van der Waals surface area contributed by atoms with Crippen LogP contribution in [0.25, 0.3) is 0 Å². The van der Waals surface area contributed by atoms with Gasteiger partial charge in [0.1, 0.15) is 18.0 Å². The molecule has 0 aliphatic heterocycles. The van der Waals surface area contributed by atoms with E-state index in [4.69, 9.17) is 4.74 Å². The molecule has 11 heteroatoms. The number of nitrogens with one attached hydrogen (secondary N) is 1. The van der Waals surface area contributed by atoms with Crippen molar-refractivity contribution < 1.29 is 27.6 Å². The van der Waals surface area contributed by atoms with Crippen LogP contribution in [0.2, 0.25) is 0 Å². The van der Waals surface area contributed by atoms with Gasteiger partial charge < -0.3 is 10.1 Å². The van der Waals surface area contributed by atoms with Crippen LogP contribution in [0, 0.1) is 10.1 Å². The van der Waals surface area contributed by atoms with Crippen LogP contribution >= 0.6 is 0 Å². The summed E-state index contributed by atoms with van der Waals surface area (Å²) in [5.41, 5.74) is -1.62. The number of nitrogens with zero attached hydrogens (tertiary/aromatic N) is 3. The molecular weight excluding hydrogens is 345 g/mol. The number of benzene rings is 1. The smallest absolute Gasteiger partial charge is 0.435 e. The molecule has 0 saturated carbocycles. The van der Waals surface area contributed by atoms with Crippen LogP contribution in [0.4, 0.5) is 24.5 Å². The Morgan fingerprint density at radius 3 is 2.68 bits per heavy atom. The molecule has 0 aliphatic carbocycles. The van der Waals surface area contributed by atoms with Crippen LogP contribution in [0.3, 0.4) is 0 Å². The van der Waals surface area contributed by atoms with Crippen LogP contribution in [0.1, 0.15) is 12.6 Å². The molecule has 8 nitrogen and oxygen atoms in total. The van der Waals surface area contributed by atoms with E-state index in [9.17, 15) is 28.1 Å². The Balaban J connectivity index is 2.12. The maximum absolute atomic E-state index is 12.5. The van der Waals surface area contributed by atoms with Crippen LogP contribution in [0.15, 0.2) is 30.5 Å². The van der Waals surface area contributed by atoms with Gasteiger partial charge in [-0.3, -0.25) is 19.6 Å². The molecule has 1 amide bonds. The first-order valence-electron chi connectivity index (χ1n) is 7.02. The summed E-state index contributed by atoms with van der Waals surface area (Å²) in [5, 5.41) is 16.6. The maximum Gasteiger partial charge on any atom is 0.435 e. The minimum Gasteiger partial charge on any atom is -0.494 e. The highest BCUT2D eigenvalue weighted by Gasteiger charge is 2.33. The number of alkyl halides is 3. The number of carbonyl (C=O) groups excluding carboxylic acids is 1. The maximum atomic E-state index is 12.5. The summed E-state index contributed by atoms with van der Waals surface area (Å²) < 4.78 is 43.3. The zero-order valence-electron chi connectivity index (χ0n) is 12.9. The van der Waals surface area contributed by atoms with Crippen LogP contribution < -0.4 is 10.1 Å². The van der Waals surface area contributed by atoms with Crippen molar-refractivity contribution in [2.45, 2.75) is 19.6 Å². The van der Waals surface area contributed by atoms with E-state index in [2.05, 4.69) is 10.4 Å². The van der Waals surface area contributed by atoms with Crippen molar-refractivity contribution in [1.29, 1.82) is 0 Å². The number of halogens is 3. The molecular formula is C14H13F3N4O4. The zero-order chi connectivity index (χ0) is 18.6. The van der Waals surface area contributed by atoms with Crippen LogP contribution in [-0.2, 0) is 17.5 Å². The second kappa shape index (κ2) is 7.20. The first-order chi connectivity index (χ1) is 11.7. The molecule has 1 aromatic heterocycles. The highest BCUT2D eigenvalue weighted by Crippen LogP contribution is 2.29. The average molecular weight is 358 g/mol. The Morgan fingerprint density at radius 2 is 2.12 bits per heavy atom. The van der Waals surface area contributed by atoms with Gasteiger partial charge >= 0.3 is 6.18 Å². The van der Waals surface area contributed by atoms with Crippen molar-refractivity contribution in [3.05, 3.63) is 46.3 Å². The Morgan fingerprint density at radius 1 is 1.40 bits per heavy atom. The van der Waals surface area contributed by atoms with E-state index in [1.54, 1.807) is 6.92 Å². The molecule has 2 aromatic rings. The summed E-state index contributed by atoms with van der Waals surface area (Å²) in [6, 6.07) is 4.59. The second-order valence-electron chi connectivity index (χ2n) is 4.81. The molecule has 134 valence electrons. The normalized spacial score (nSPS) is 11.2. The second-order valence-corrected chi connectivity index (χ2v) is 4.81. The standard InChI is InChI=1S/C14H13F3N4O4/c1-2-25-9-3-4-10(11(7-9)21(23)24)18-13(22)8-20-6-5-12(19-20)14(15,16)17/h3-7H,2,8H2,1H3,(H,18,22). The SMILES string of the molecule is CCOc1ccc(NC(=O)Cn2ccc(C(F)(F)F)n2)c([N+](=O)[O-])c1. The summed E-state index contributed by atoms with van der Waals surface area (Å²) in [6.07, 6.45) is -3.62. The summed E-state index contributed by atoms with van der Waals surface area (Å²) in [5.74, 6) is -0.502. The predicted octanol–water partition coefficient (Wildman–Crippen LogP) is 2.85. The van der Waals surface area contributed by atoms with Gasteiger partial charge in [-0.25, -0.2) is 0 Å². The van der Waals surface area contributed by atoms with Crippen molar-refractivity contribution in [2.75, 3.05) is 11.9 Å². The quantitative estimate of drug-likeness (QED) is 0.632. The molecule has 1 heterocycles. The number of hydrogen-bond donors (Lipinski definition) is 1. The number of amides is 1. The first kappa shape index (κ1) is 18.2. The number of nitro benzene ring substituents is 1. The molecule has 0 spiro atoms. The number of hydrogen-bond acceptors (Lipinski definition) is 5. The third kappa shape index (κ3) is 4.68. The molecule has 0 fully saturated rings. The zero-order valence-corrected chi connectivity index (χ0v) is 12.9. The van der Waals surface area contributed by atoms with E-state index in [0.717, 1.165) is 23.0 Å². The number of anilines is 1. The summed E-state index contributed by atoms with van der Waals surface area (Å²) in [6.45, 7) is 1.49. The number of ether oxygens (including phenoxy) is 1. The molecule has 2 rings (SSSR count). The van der Waals surface area contributed by atoms with Crippen molar-refractivity contribution >= 4 is 17.3 Å². The minimum atomic E-state index is -4.62. The van der Waals surface area contributed by atoms with E-state index in [0.29, 0.717) is 6.61 Å². The van der Waals surface area contributed by atoms with E-state index in [1.165, 1.54) is 12.1 Å². The number of carbonyl (C=O) groups is 1. The topological polar surface area (TPSA) is 99.3 Å². The van der Waals surface area contributed by atoms with E-state index in [-0.39, 0.29) is 11.4 Å². The Hall–Kier alpha value is -3.11. The van der Waals surface area contributed by atoms with E-state index >= 15 is 0 Å². The van der Waals surface area contributed by atoms with Gasteiger partial charge in [0.25, 0.3) is 5.69 Å². The number of nitro groups is 1. The third-order valence-corrected chi connectivity index (χ3v) is 2.99. The van der Waals surface area contributed by atoms with Crippen LogP contribution in [0.5, 0.6) is 5.75 Å². The van der Waals surface area contributed by atoms with Gasteiger partial charge in [0.2, 0.25) is 5.91 Å². The third-order valence-electron chi connectivity index (χ3n) is 2.99. The minimum absolute atomic E-state index is 0.0957. The van der Waals surface area contributed by atoms with Crippen molar-refractivity contribution in [1.82, 2.24) is 9.78 Å². The first-order valence-corrected chi connectivity index (χ1v) is 7.02. The van der Waals surface area contributed by atoms with Gasteiger partial charge in [-0.1, -0.05) is 0 Å². The highest BCUT2D eigenvalue weighted by molar-refractivity contribution is 5.93. The Labute approximate surface area is 139 Å². The van der Waals surface area contributed by atoms with E-state index < -0.39 is 34.9 Å². The summed E-state index contributed by atoms with van der Waals surface area (Å²) in [7, 11) is 0. The van der Waals surface area contributed by atoms with Gasteiger partial charge in [-0.15, -0.1) is 0 Å². The molecule has 0 bridgehead atoms. The van der Waals surface area contributed by atoms with Gasteiger partial charge in [0, 0.05) is 6.20 Å². The lowest BCUT2D eigenvalue weighted by Crippen LogP contribution is -2.20. The van der Waals surface area contributed by atoms with Gasteiger partial charge in [0.15, 0.2) is 5.69 Å². The molecule has 25 heavy (non-hydrogen) atoms. The van der Waals surface area contributed by atoms with E-state index in [1.807, 2.05) is 0 Å². The van der Waals surface area contributed by atoms with Crippen molar-refractivity contribution in [2.24, 2.45) is 0 Å². The van der Waals surface area contributed by atoms with Gasteiger partial charge in [-0.2, -0.15) is 18.3 Å². The lowest BCUT2D eigenvalue weighted by Gasteiger charge is -2.08. The fraction of sp³-hybridized carbons (Fsp3) is 0.286. The van der Waals surface area contributed by atoms with Gasteiger partial charge in [0.05, 0.1) is 17.6 Å². The lowest BCUT2D eigenvalue weighted by molar-refractivity contribution is -0.384. The lowest BCUT2D eigenvalue weighted by atomic mass is 10.2. The van der Waals surface area contributed by atoms with Gasteiger partial charge in [-0.05, 0) is 25.1 Å². The number of aromatic nitrogens is 2. The fourth-order valence-corrected chi connectivity index (χ4v) is 1.96. The largest absolute Gasteiger partial charge is 0.494 e. The number of rotatable bonds is 6. The summed E-state index contributed by atoms with van der Waals surface area (Å²) in [4.78, 5) is 22.3. The molecule has 0 saturated heterocycles. The van der Waals surface area contributed by atoms with Crippen molar-refractivity contribution in [3.63, 3.8) is 0 Å². The molecule has 0 unspecified atom stereocenters. The summed E-state index contributed by atoms with van der Waals surface area (Å²) >= 11 is 0. The fourth-order valence-electron chi connectivity index (χ4n) is 1.96. The predicted molar refractivity (Wildman–Crippen MR) is 80.1 cm³/mol. The molecule has 0 aliphatic rings. The monoisotopic (exact) mass is 358 g/mol. The van der Waals surface area contributed by atoms with Crippen LogP contribution in [-0.4, -0.2) is 27.2 Å². The molecule has 1 N–H and O–H groups in total. The highest BCUT2D eigenvalue weighted by atomic mass is 19.4. The van der Waals surface area contributed by atoms with Crippen molar-refractivity contribution in [3.8, 4) is 5.75 Å².